The smallest absolute Gasteiger partial charge is 0.341 e. The van der Waals surface area contributed by atoms with Crippen LogP contribution in [-0.4, -0.2) is 47.2 Å². The normalized spacial score (nSPS) is 11.4. The third-order valence-electron chi connectivity index (χ3n) is 5.29. The molecule has 2 aromatic heterocycles. The lowest BCUT2D eigenvalue weighted by molar-refractivity contribution is 0.0599. The van der Waals surface area contributed by atoms with Gasteiger partial charge in [-0.05, 0) is 51.2 Å². The summed E-state index contributed by atoms with van der Waals surface area (Å²) in [6, 6.07) is 9.11. The number of furan rings is 1. The second-order valence-corrected chi connectivity index (χ2v) is 8.15. The molecule has 0 spiro atoms. The number of para-hydroxylation sites is 1. The van der Waals surface area contributed by atoms with E-state index < -0.39 is 5.97 Å². The van der Waals surface area contributed by atoms with Crippen LogP contribution in [0.15, 0.2) is 44.7 Å². The molecular formula is C23H29N3O4S. The topological polar surface area (TPSA) is 77.6 Å². The van der Waals surface area contributed by atoms with Gasteiger partial charge in [-0.3, -0.25) is 9.36 Å². The summed E-state index contributed by atoms with van der Waals surface area (Å²) < 4.78 is 12.3. The lowest BCUT2D eigenvalue weighted by Crippen LogP contribution is -2.28. The molecule has 0 saturated carbocycles. The lowest BCUT2D eigenvalue weighted by atomic mass is 10.2. The van der Waals surface area contributed by atoms with E-state index in [9.17, 15) is 9.59 Å². The van der Waals surface area contributed by atoms with Gasteiger partial charge in [-0.2, -0.15) is 0 Å². The minimum atomic E-state index is -0.422. The minimum absolute atomic E-state index is 0.0291. The molecule has 8 heteroatoms. The van der Waals surface area contributed by atoms with Crippen molar-refractivity contribution in [2.45, 2.75) is 44.6 Å². The van der Waals surface area contributed by atoms with Crippen molar-refractivity contribution in [2.75, 3.05) is 26.7 Å². The van der Waals surface area contributed by atoms with E-state index in [4.69, 9.17) is 14.1 Å². The molecule has 1 aromatic carbocycles. The number of hydrogen-bond donors (Lipinski definition) is 0. The SMILES string of the molecule is CCN(CC)CCCn1c(SCc2cc(C(=O)OC)c(C)o2)nc2ccccc2c1=O. The highest BCUT2D eigenvalue weighted by Gasteiger charge is 2.17. The Hall–Kier alpha value is -2.58. The minimum Gasteiger partial charge on any atom is -0.465 e. The predicted octanol–water partition coefficient (Wildman–Crippen LogP) is 4.11. The van der Waals surface area contributed by atoms with Crippen molar-refractivity contribution in [3.8, 4) is 0 Å². The number of methoxy groups -OCH3 is 1. The average molecular weight is 444 g/mol. The summed E-state index contributed by atoms with van der Waals surface area (Å²) in [6.07, 6.45) is 0.863. The fourth-order valence-electron chi connectivity index (χ4n) is 3.51. The summed E-state index contributed by atoms with van der Waals surface area (Å²) in [6.45, 7) is 9.52. The summed E-state index contributed by atoms with van der Waals surface area (Å²) >= 11 is 1.43. The van der Waals surface area contributed by atoms with Gasteiger partial charge in [-0.25, -0.2) is 9.78 Å². The van der Waals surface area contributed by atoms with Crippen LogP contribution in [0, 0.1) is 6.92 Å². The van der Waals surface area contributed by atoms with Crippen LogP contribution >= 0.6 is 11.8 Å². The van der Waals surface area contributed by atoms with E-state index in [1.165, 1.54) is 18.9 Å². The first-order chi connectivity index (χ1) is 15.0. The Labute approximate surface area is 186 Å². The highest BCUT2D eigenvalue weighted by Crippen LogP contribution is 2.25. The van der Waals surface area contributed by atoms with Gasteiger partial charge < -0.3 is 14.1 Å². The molecule has 0 unspecified atom stereocenters. The third kappa shape index (κ3) is 5.37. The molecule has 0 aliphatic heterocycles. The Morgan fingerprint density at radius 3 is 2.71 bits per heavy atom. The van der Waals surface area contributed by atoms with Crippen LogP contribution in [0.25, 0.3) is 10.9 Å². The van der Waals surface area contributed by atoms with E-state index in [1.807, 2.05) is 24.3 Å². The highest BCUT2D eigenvalue weighted by atomic mass is 32.2. The molecule has 0 amide bonds. The van der Waals surface area contributed by atoms with E-state index in [0.29, 0.717) is 45.4 Å². The summed E-state index contributed by atoms with van der Waals surface area (Å²) in [5.74, 6) is 1.19. The molecule has 0 aliphatic carbocycles. The van der Waals surface area contributed by atoms with E-state index >= 15 is 0 Å². The summed E-state index contributed by atoms with van der Waals surface area (Å²) in [5, 5.41) is 1.27. The van der Waals surface area contributed by atoms with E-state index in [2.05, 4.69) is 18.7 Å². The number of nitrogens with zero attached hydrogens (tertiary/aromatic N) is 3. The zero-order valence-corrected chi connectivity index (χ0v) is 19.3. The maximum atomic E-state index is 13.2. The van der Waals surface area contributed by atoms with Gasteiger partial charge >= 0.3 is 5.97 Å². The third-order valence-corrected chi connectivity index (χ3v) is 6.29. The van der Waals surface area contributed by atoms with Crippen molar-refractivity contribution in [2.24, 2.45) is 0 Å². The molecule has 0 fully saturated rings. The lowest BCUT2D eigenvalue weighted by Gasteiger charge is -2.19. The molecule has 31 heavy (non-hydrogen) atoms. The maximum absolute atomic E-state index is 13.2. The van der Waals surface area contributed by atoms with Crippen molar-refractivity contribution in [3.05, 3.63) is 57.8 Å². The van der Waals surface area contributed by atoms with Crippen molar-refractivity contribution in [3.63, 3.8) is 0 Å². The molecule has 0 aliphatic rings. The van der Waals surface area contributed by atoms with E-state index in [1.54, 1.807) is 17.6 Å². The number of benzene rings is 1. The standard InChI is InChI=1S/C23H29N3O4S/c1-5-25(6-2)12-9-13-26-21(27)18-10-7-8-11-20(18)24-23(26)31-15-17-14-19(16(3)30-17)22(28)29-4/h7-8,10-11,14H,5-6,9,12-13,15H2,1-4H3. The molecule has 0 radical (unpaired) electrons. The summed E-state index contributed by atoms with van der Waals surface area (Å²) in [5.41, 5.74) is 1.07. The molecule has 0 saturated heterocycles. The van der Waals surface area contributed by atoms with Crippen LogP contribution < -0.4 is 5.56 Å². The molecule has 3 aromatic rings. The Morgan fingerprint density at radius 2 is 2.00 bits per heavy atom. The van der Waals surface area contributed by atoms with Crippen LogP contribution in [0.2, 0.25) is 0 Å². The van der Waals surface area contributed by atoms with Crippen molar-refractivity contribution in [1.82, 2.24) is 14.5 Å². The molecular weight excluding hydrogens is 414 g/mol. The van der Waals surface area contributed by atoms with Crippen LogP contribution in [0.4, 0.5) is 0 Å². The van der Waals surface area contributed by atoms with Crippen molar-refractivity contribution >= 4 is 28.6 Å². The number of thioether (sulfide) groups is 1. The quantitative estimate of drug-likeness (QED) is 0.265. The molecule has 3 rings (SSSR count). The number of aromatic nitrogens is 2. The van der Waals surface area contributed by atoms with E-state index in [0.717, 1.165) is 26.1 Å². The zero-order chi connectivity index (χ0) is 22.4. The zero-order valence-electron chi connectivity index (χ0n) is 18.5. The van der Waals surface area contributed by atoms with Gasteiger partial charge in [0.15, 0.2) is 5.16 Å². The predicted molar refractivity (Wildman–Crippen MR) is 123 cm³/mol. The second-order valence-electron chi connectivity index (χ2n) is 7.21. The Bertz CT molecular complexity index is 1100. The first kappa shape index (κ1) is 23.1. The van der Waals surface area contributed by atoms with Gasteiger partial charge in [0.2, 0.25) is 0 Å². The van der Waals surface area contributed by atoms with Gasteiger partial charge in [-0.15, -0.1) is 0 Å². The number of fused-ring (bicyclic) bond motifs is 1. The van der Waals surface area contributed by atoms with Crippen molar-refractivity contribution in [1.29, 1.82) is 0 Å². The van der Waals surface area contributed by atoms with E-state index in [-0.39, 0.29) is 5.56 Å². The largest absolute Gasteiger partial charge is 0.465 e. The number of carbonyl (C=O) groups excluding carboxylic acids is 1. The van der Waals surface area contributed by atoms with Crippen molar-refractivity contribution < 1.29 is 13.9 Å². The first-order valence-electron chi connectivity index (χ1n) is 10.5. The van der Waals surface area contributed by atoms with Gasteiger partial charge in [0.1, 0.15) is 17.1 Å². The highest BCUT2D eigenvalue weighted by molar-refractivity contribution is 7.98. The van der Waals surface area contributed by atoms with Gasteiger partial charge in [0.25, 0.3) is 5.56 Å². The number of esters is 1. The van der Waals surface area contributed by atoms with Gasteiger partial charge in [0, 0.05) is 6.54 Å². The Morgan fingerprint density at radius 1 is 1.26 bits per heavy atom. The monoisotopic (exact) mass is 443 g/mol. The first-order valence-corrected chi connectivity index (χ1v) is 11.5. The number of carbonyl (C=O) groups is 1. The molecule has 166 valence electrons. The number of hydrogen-bond acceptors (Lipinski definition) is 7. The molecule has 0 N–H and O–H groups in total. The number of rotatable bonds is 10. The molecule has 2 heterocycles. The molecule has 0 atom stereocenters. The van der Waals surface area contributed by atoms with Crippen LogP contribution in [0.3, 0.4) is 0 Å². The summed E-state index contributed by atoms with van der Waals surface area (Å²) in [4.78, 5) is 32.1. The fraction of sp³-hybridized carbons (Fsp3) is 0.435. The van der Waals surface area contributed by atoms with Gasteiger partial charge in [-0.1, -0.05) is 37.7 Å². The maximum Gasteiger partial charge on any atom is 0.341 e. The number of ether oxygens (including phenoxy) is 1. The van der Waals surface area contributed by atoms with Crippen LogP contribution in [0.5, 0.6) is 0 Å². The fourth-order valence-corrected chi connectivity index (χ4v) is 4.42. The molecule has 0 bridgehead atoms. The Balaban J connectivity index is 1.86. The summed E-state index contributed by atoms with van der Waals surface area (Å²) in [7, 11) is 1.35. The Kier molecular flexibility index (Phi) is 7.92. The van der Waals surface area contributed by atoms with Crippen LogP contribution in [0.1, 0.15) is 42.1 Å². The average Bonchev–Trinajstić information content (AvgIpc) is 3.16. The second kappa shape index (κ2) is 10.6. The molecule has 7 nitrogen and oxygen atoms in total. The number of aryl methyl sites for hydroxylation is 1. The van der Waals surface area contributed by atoms with Crippen LogP contribution in [-0.2, 0) is 17.0 Å². The van der Waals surface area contributed by atoms with Gasteiger partial charge in [0.05, 0.1) is 23.8 Å².